The molecular formula is C29H40N2O6. The molecule has 3 fully saturated rings. The van der Waals surface area contributed by atoms with Crippen molar-refractivity contribution in [1.82, 2.24) is 4.90 Å². The summed E-state index contributed by atoms with van der Waals surface area (Å²) in [6, 6.07) is 4.99. The Labute approximate surface area is 219 Å². The molecule has 4 rings (SSSR count). The second-order valence-electron chi connectivity index (χ2n) is 11.2. The molecule has 2 N–H and O–H groups in total. The van der Waals surface area contributed by atoms with Gasteiger partial charge in [0, 0.05) is 25.4 Å². The molecule has 1 aromatic rings. The van der Waals surface area contributed by atoms with Gasteiger partial charge in [-0.25, -0.2) is 0 Å². The van der Waals surface area contributed by atoms with Crippen LogP contribution in [0.2, 0.25) is 0 Å². The molecule has 0 radical (unpaired) electrons. The quantitative estimate of drug-likeness (QED) is 0.347. The molecule has 1 spiro atoms. The van der Waals surface area contributed by atoms with E-state index in [-0.39, 0.29) is 30.9 Å². The zero-order chi connectivity index (χ0) is 27.1. The molecular weight excluding hydrogens is 472 g/mol. The molecule has 37 heavy (non-hydrogen) atoms. The molecule has 3 heterocycles. The lowest BCUT2D eigenvalue weighted by atomic mass is 9.62. The van der Waals surface area contributed by atoms with Crippen LogP contribution in [0, 0.1) is 31.6 Å². The summed E-state index contributed by atoms with van der Waals surface area (Å²) in [4.78, 5) is 44.3. The largest absolute Gasteiger partial charge is 0.481 e. The number of aryl methyl sites for hydroxylation is 2. The van der Waals surface area contributed by atoms with Crippen LogP contribution >= 0.6 is 0 Å². The molecule has 0 aromatic heterocycles. The Morgan fingerprint density at radius 3 is 2.59 bits per heavy atom. The van der Waals surface area contributed by atoms with Gasteiger partial charge >= 0.3 is 5.97 Å². The summed E-state index contributed by atoms with van der Waals surface area (Å²) in [5.74, 6) is -3.65. The summed E-state index contributed by atoms with van der Waals surface area (Å²) in [6.07, 6.45) is 5.09. The predicted molar refractivity (Wildman–Crippen MR) is 140 cm³/mol. The molecule has 0 aliphatic carbocycles. The summed E-state index contributed by atoms with van der Waals surface area (Å²) >= 11 is 0. The first-order valence-electron chi connectivity index (χ1n) is 13.4. The van der Waals surface area contributed by atoms with Gasteiger partial charge in [-0.1, -0.05) is 38.0 Å². The Morgan fingerprint density at radius 2 is 1.95 bits per heavy atom. The van der Waals surface area contributed by atoms with Gasteiger partial charge in [0.05, 0.1) is 11.5 Å². The molecule has 6 atom stereocenters. The first kappa shape index (κ1) is 27.3. The van der Waals surface area contributed by atoms with Crippen LogP contribution in [0.25, 0.3) is 0 Å². The van der Waals surface area contributed by atoms with Gasteiger partial charge in [0.15, 0.2) is 0 Å². The molecule has 1 aromatic carbocycles. The maximum atomic E-state index is 14.5. The normalized spacial score (nSPS) is 32.0. The van der Waals surface area contributed by atoms with Gasteiger partial charge in [0.1, 0.15) is 17.6 Å². The van der Waals surface area contributed by atoms with Crippen molar-refractivity contribution in [3.63, 3.8) is 0 Å². The van der Waals surface area contributed by atoms with Gasteiger partial charge in [0.25, 0.3) is 5.91 Å². The third kappa shape index (κ3) is 4.28. The zero-order valence-corrected chi connectivity index (χ0v) is 22.4. The van der Waals surface area contributed by atoms with Gasteiger partial charge in [0.2, 0.25) is 5.91 Å². The summed E-state index contributed by atoms with van der Waals surface area (Å²) in [5.41, 5.74) is 0.484. The average Bonchev–Trinajstić information content (AvgIpc) is 3.35. The summed E-state index contributed by atoms with van der Waals surface area (Å²) < 4.78 is 6.61. The Morgan fingerprint density at radius 1 is 1.24 bits per heavy atom. The third-order valence-electron chi connectivity index (χ3n) is 8.85. The van der Waals surface area contributed by atoms with Crippen molar-refractivity contribution in [1.29, 1.82) is 0 Å². The van der Waals surface area contributed by atoms with E-state index in [4.69, 9.17) is 9.84 Å². The average molecular weight is 513 g/mol. The summed E-state index contributed by atoms with van der Waals surface area (Å²) in [7, 11) is 0. The van der Waals surface area contributed by atoms with Gasteiger partial charge in [-0.2, -0.15) is 0 Å². The maximum Gasteiger partial charge on any atom is 0.310 e. The number of hydrogen-bond acceptors (Lipinski definition) is 5. The van der Waals surface area contributed by atoms with Gasteiger partial charge < -0.3 is 24.7 Å². The zero-order valence-electron chi connectivity index (χ0n) is 22.4. The predicted octanol–water partition coefficient (Wildman–Crippen LogP) is 3.47. The summed E-state index contributed by atoms with van der Waals surface area (Å²) in [6.45, 7) is 12.2. The first-order chi connectivity index (χ1) is 17.5. The minimum atomic E-state index is -1.19. The molecule has 2 bridgehead atoms. The lowest BCUT2D eigenvalue weighted by Gasteiger charge is -2.37. The van der Waals surface area contributed by atoms with Gasteiger partial charge in [-0.05, 0) is 63.1 Å². The van der Waals surface area contributed by atoms with Crippen molar-refractivity contribution < 1.29 is 29.3 Å². The number of aliphatic hydroxyl groups is 1. The number of ether oxygens (including phenoxy) is 1. The van der Waals surface area contributed by atoms with Gasteiger partial charge in [-0.3, -0.25) is 14.4 Å². The molecule has 8 nitrogen and oxygen atoms in total. The number of benzene rings is 1. The number of carboxylic acid groups (broad SMARTS) is 1. The number of likely N-dealkylation sites (tertiary alicyclic amines) is 1. The maximum absolute atomic E-state index is 14.5. The SMILES string of the molecule is C=CCN(C(=O)C1N(CCCCCCO)C(=O)[C@@H]2[C@@H](C(=O)O)[C@]3(C)OC12CC3C)c1cc(C)ccc1C. The van der Waals surface area contributed by atoms with E-state index in [1.807, 2.05) is 39.0 Å². The van der Waals surface area contributed by atoms with E-state index < -0.39 is 35.0 Å². The van der Waals surface area contributed by atoms with Crippen LogP contribution in [0.4, 0.5) is 5.69 Å². The molecule has 3 unspecified atom stereocenters. The smallest absolute Gasteiger partial charge is 0.310 e. The van der Waals surface area contributed by atoms with Crippen molar-refractivity contribution in [2.45, 2.75) is 77.0 Å². The highest BCUT2D eigenvalue weighted by molar-refractivity contribution is 6.05. The number of carbonyl (C=O) groups excluding carboxylic acids is 2. The third-order valence-corrected chi connectivity index (χ3v) is 8.85. The second kappa shape index (κ2) is 10.2. The molecule has 0 saturated carbocycles. The number of fused-ring (bicyclic) bond motifs is 1. The number of aliphatic hydroxyl groups excluding tert-OH is 1. The lowest BCUT2D eigenvalue weighted by molar-refractivity contribution is -0.156. The van der Waals surface area contributed by atoms with Crippen molar-refractivity contribution >= 4 is 23.5 Å². The Hall–Kier alpha value is -2.71. The fourth-order valence-corrected chi connectivity index (χ4v) is 6.98. The molecule has 8 heteroatoms. The van der Waals surface area contributed by atoms with E-state index in [2.05, 4.69) is 6.58 Å². The van der Waals surface area contributed by atoms with E-state index >= 15 is 0 Å². The van der Waals surface area contributed by atoms with Gasteiger partial charge in [-0.15, -0.1) is 6.58 Å². The van der Waals surface area contributed by atoms with Crippen molar-refractivity contribution in [2.75, 3.05) is 24.6 Å². The molecule has 3 saturated heterocycles. The molecule has 3 aliphatic heterocycles. The van der Waals surface area contributed by atoms with Crippen LogP contribution in [0.15, 0.2) is 30.9 Å². The number of amides is 2. The number of hydrogen-bond donors (Lipinski definition) is 2. The van der Waals surface area contributed by atoms with Crippen LogP contribution in [-0.2, 0) is 19.1 Å². The minimum Gasteiger partial charge on any atom is -0.481 e. The summed E-state index contributed by atoms with van der Waals surface area (Å²) in [5, 5.41) is 19.3. The number of unbranched alkanes of at least 4 members (excludes halogenated alkanes) is 3. The first-order valence-corrected chi connectivity index (χ1v) is 13.4. The Bertz CT molecular complexity index is 1090. The van der Waals surface area contributed by atoms with Crippen LogP contribution in [0.3, 0.4) is 0 Å². The van der Waals surface area contributed by atoms with Crippen molar-refractivity contribution in [3.8, 4) is 0 Å². The van der Waals surface area contributed by atoms with Crippen molar-refractivity contribution in [3.05, 3.63) is 42.0 Å². The van der Waals surface area contributed by atoms with E-state index in [0.29, 0.717) is 25.8 Å². The Kier molecular flexibility index (Phi) is 7.55. The molecule has 3 aliphatic rings. The second-order valence-corrected chi connectivity index (χ2v) is 11.2. The highest BCUT2D eigenvalue weighted by Crippen LogP contribution is 2.65. The van der Waals surface area contributed by atoms with Crippen LogP contribution in [0.1, 0.15) is 57.1 Å². The Balaban J connectivity index is 1.78. The van der Waals surface area contributed by atoms with E-state index in [1.165, 1.54) is 0 Å². The lowest BCUT2D eigenvalue weighted by Crippen LogP contribution is -2.57. The fourth-order valence-electron chi connectivity index (χ4n) is 6.98. The highest BCUT2D eigenvalue weighted by Gasteiger charge is 2.80. The number of aliphatic carboxylic acids is 1. The van der Waals surface area contributed by atoms with E-state index in [9.17, 15) is 19.5 Å². The number of anilines is 1. The van der Waals surface area contributed by atoms with E-state index in [1.54, 1.807) is 22.8 Å². The number of carbonyl (C=O) groups is 3. The monoisotopic (exact) mass is 512 g/mol. The van der Waals surface area contributed by atoms with Crippen LogP contribution in [0.5, 0.6) is 0 Å². The molecule has 202 valence electrons. The van der Waals surface area contributed by atoms with Crippen LogP contribution in [-0.4, -0.2) is 69.8 Å². The van der Waals surface area contributed by atoms with Crippen LogP contribution < -0.4 is 4.90 Å². The topological polar surface area (TPSA) is 107 Å². The number of nitrogens with zero attached hydrogens (tertiary/aromatic N) is 2. The fraction of sp³-hybridized carbons (Fsp3) is 0.621. The standard InChI is InChI=1S/C29H40N2O6/c1-6-13-30(21-16-18(2)11-12-19(21)3)26(34)24-29-17-20(4)28(5,37-29)23(27(35)36)22(29)25(33)31(24)14-9-7-8-10-15-32/h6,11-12,16,20,22-24,32H,1,7-10,13-15,17H2,2-5H3,(H,35,36)/t20?,22-,23-,24?,28+,29?/m0/s1. The van der Waals surface area contributed by atoms with Crippen molar-refractivity contribution in [2.24, 2.45) is 17.8 Å². The molecule has 2 amide bonds. The van der Waals surface area contributed by atoms with E-state index in [0.717, 1.165) is 29.7 Å². The minimum absolute atomic E-state index is 0.117. The number of carboxylic acids is 1. The highest BCUT2D eigenvalue weighted by atomic mass is 16.5. The number of rotatable bonds is 11.